The Balaban J connectivity index is 2.29. The van der Waals surface area contributed by atoms with E-state index in [1.165, 1.54) is 0 Å². The summed E-state index contributed by atoms with van der Waals surface area (Å²) >= 11 is 0. The van der Waals surface area contributed by atoms with Gasteiger partial charge in [-0.2, -0.15) is 8.42 Å². The second-order valence-electron chi connectivity index (χ2n) is 5.48. The Kier molecular flexibility index (Phi) is 3.26. The van der Waals surface area contributed by atoms with Crippen molar-refractivity contribution in [1.82, 2.24) is 4.57 Å². The molecule has 0 bridgehead atoms. The van der Waals surface area contributed by atoms with Crippen molar-refractivity contribution in [3.63, 3.8) is 0 Å². The Morgan fingerprint density at radius 3 is 1.86 bits per heavy atom. The van der Waals surface area contributed by atoms with Gasteiger partial charge in [0.15, 0.2) is 0 Å². The maximum absolute atomic E-state index is 11.0. The van der Waals surface area contributed by atoms with Gasteiger partial charge in [-0.05, 0) is 38.1 Å². The van der Waals surface area contributed by atoms with Crippen molar-refractivity contribution in [3.8, 4) is 0 Å². The van der Waals surface area contributed by atoms with Crippen LogP contribution < -0.4 is 0 Å². The fraction of sp³-hybridized carbons (Fsp3) is 0.250. The molecule has 0 fully saturated rings. The summed E-state index contributed by atoms with van der Waals surface area (Å²) in [5.74, 6) is -0.284. The van der Waals surface area contributed by atoms with Gasteiger partial charge in [-0.3, -0.25) is 4.55 Å². The molecule has 0 unspecified atom stereocenters. The molecule has 4 nitrogen and oxygen atoms in total. The highest BCUT2D eigenvalue weighted by Crippen LogP contribution is 2.30. The highest BCUT2D eigenvalue weighted by atomic mass is 32.2. The molecule has 0 saturated heterocycles. The quantitative estimate of drug-likeness (QED) is 0.755. The molecular formula is C16H17NO3S. The van der Waals surface area contributed by atoms with Gasteiger partial charge in [0.1, 0.15) is 0 Å². The maximum Gasteiger partial charge on any atom is 0.266 e. The van der Waals surface area contributed by atoms with Gasteiger partial charge in [0.2, 0.25) is 0 Å². The third-order valence-corrected chi connectivity index (χ3v) is 4.45. The molecule has 1 N–H and O–H groups in total. The molecule has 0 atom stereocenters. The molecule has 1 heterocycles. The van der Waals surface area contributed by atoms with Gasteiger partial charge in [-0.15, -0.1) is 0 Å². The number of hydrogen-bond acceptors (Lipinski definition) is 2. The lowest BCUT2D eigenvalue weighted by Gasteiger charge is -2.06. The van der Waals surface area contributed by atoms with Crippen LogP contribution in [0, 0.1) is 13.8 Å². The van der Waals surface area contributed by atoms with Crippen LogP contribution in [0.3, 0.4) is 0 Å². The fourth-order valence-electron chi connectivity index (χ4n) is 2.78. The van der Waals surface area contributed by atoms with Crippen molar-refractivity contribution < 1.29 is 13.0 Å². The summed E-state index contributed by atoms with van der Waals surface area (Å²) in [7, 11) is -3.97. The number of hydrogen-bond donors (Lipinski definition) is 1. The van der Waals surface area contributed by atoms with E-state index in [0.29, 0.717) is 0 Å². The van der Waals surface area contributed by atoms with Crippen molar-refractivity contribution in [2.75, 3.05) is 5.75 Å². The first-order valence-electron chi connectivity index (χ1n) is 6.79. The number of fused-ring (bicyclic) bond motifs is 3. The second kappa shape index (κ2) is 4.86. The summed E-state index contributed by atoms with van der Waals surface area (Å²) in [6.45, 7) is 4.32. The summed E-state index contributed by atoms with van der Waals surface area (Å²) in [5.41, 5.74) is 4.31. The third-order valence-electron chi connectivity index (χ3n) is 3.75. The van der Waals surface area contributed by atoms with Crippen LogP contribution in [0.4, 0.5) is 0 Å². The number of rotatable bonds is 3. The minimum atomic E-state index is -3.97. The van der Waals surface area contributed by atoms with E-state index >= 15 is 0 Å². The van der Waals surface area contributed by atoms with Gasteiger partial charge < -0.3 is 4.57 Å². The van der Waals surface area contributed by atoms with Gasteiger partial charge >= 0.3 is 0 Å². The van der Waals surface area contributed by atoms with E-state index in [2.05, 4.69) is 12.1 Å². The summed E-state index contributed by atoms with van der Waals surface area (Å²) < 4.78 is 33.1. The molecule has 0 radical (unpaired) electrons. The van der Waals surface area contributed by atoms with Crippen LogP contribution in [0.15, 0.2) is 36.4 Å². The van der Waals surface area contributed by atoms with E-state index < -0.39 is 10.1 Å². The normalized spacial score (nSPS) is 12.3. The third kappa shape index (κ3) is 2.66. The van der Waals surface area contributed by atoms with E-state index in [-0.39, 0.29) is 12.3 Å². The Hall–Kier alpha value is -1.85. The van der Waals surface area contributed by atoms with Crippen LogP contribution in [0.25, 0.3) is 21.8 Å². The molecule has 1 aromatic heterocycles. The van der Waals surface area contributed by atoms with Gasteiger partial charge in [0.05, 0.1) is 5.75 Å². The highest BCUT2D eigenvalue weighted by molar-refractivity contribution is 7.85. The van der Waals surface area contributed by atoms with E-state index in [1.54, 1.807) is 0 Å². The van der Waals surface area contributed by atoms with Crippen LogP contribution in [0.5, 0.6) is 0 Å². The molecule has 5 heteroatoms. The van der Waals surface area contributed by atoms with Crippen LogP contribution >= 0.6 is 0 Å². The van der Waals surface area contributed by atoms with Crippen molar-refractivity contribution in [2.24, 2.45) is 0 Å². The molecule has 0 aliphatic rings. The van der Waals surface area contributed by atoms with Crippen LogP contribution in [0.2, 0.25) is 0 Å². The van der Waals surface area contributed by atoms with Crippen LogP contribution in [0.1, 0.15) is 11.1 Å². The van der Waals surface area contributed by atoms with Crippen molar-refractivity contribution in [2.45, 2.75) is 20.4 Å². The van der Waals surface area contributed by atoms with Crippen molar-refractivity contribution >= 4 is 31.9 Å². The first kappa shape index (κ1) is 14.1. The Labute approximate surface area is 123 Å². The predicted molar refractivity (Wildman–Crippen MR) is 85.3 cm³/mol. The van der Waals surface area contributed by atoms with Crippen molar-refractivity contribution in [3.05, 3.63) is 47.5 Å². The Bertz CT molecular complexity index is 880. The highest BCUT2D eigenvalue weighted by Gasteiger charge is 2.13. The second-order valence-corrected chi connectivity index (χ2v) is 7.05. The zero-order valence-electron chi connectivity index (χ0n) is 12.0. The molecule has 110 valence electrons. The van der Waals surface area contributed by atoms with Crippen LogP contribution in [-0.2, 0) is 16.7 Å². The summed E-state index contributed by atoms with van der Waals surface area (Å²) in [5, 5.41) is 2.23. The van der Waals surface area contributed by atoms with Crippen LogP contribution in [-0.4, -0.2) is 23.3 Å². The van der Waals surface area contributed by atoms with Gasteiger partial charge in [0, 0.05) is 28.4 Å². The summed E-state index contributed by atoms with van der Waals surface area (Å²) in [6, 6.07) is 12.3. The number of benzene rings is 2. The molecule has 0 amide bonds. The topological polar surface area (TPSA) is 59.3 Å². The monoisotopic (exact) mass is 303 g/mol. The minimum absolute atomic E-state index is 0.241. The van der Waals surface area contributed by atoms with E-state index in [1.807, 2.05) is 42.7 Å². The molecule has 0 aliphatic heterocycles. The smallest absolute Gasteiger partial charge is 0.266 e. The Morgan fingerprint density at radius 2 is 1.43 bits per heavy atom. The number of nitrogens with zero attached hydrogens (tertiary/aromatic N) is 1. The largest absolute Gasteiger partial charge is 0.339 e. The molecule has 2 aromatic carbocycles. The average Bonchev–Trinajstić information content (AvgIpc) is 2.68. The van der Waals surface area contributed by atoms with Gasteiger partial charge in [-0.1, -0.05) is 23.3 Å². The summed E-state index contributed by atoms with van der Waals surface area (Å²) in [6.07, 6.45) is 0. The lowest BCUT2D eigenvalue weighted by Crippen LogP contribution is -2.11. The molecule has 3 rings (SSSR count). The molecule has 0 saturated carbocycles. The lowest BCUT2D eigenvalue weighted by atomic mass is 10.1. The maximum atomic E-state index is 11.0. The SMILES string of the molecule is Cc1ccc2c(c1)c1cc(C)ccc1n2CCS(=O)(=O)O. The van der Waals surface area contributed by atoms with E-state index in [0.717, 1.165) is 32.9 Å². The van der Waals surface area contributed by atoms with Gasteiger partial charge in [-0.25, -0.2) is 0 Å². The summed E-state index contributed by atoms with van der Waals surface area (Å²) in [4.78, 5) is 0. The Morgan fingerprint density at radius 1 is 0.952 bits per heavy atom. The standard InChI is InChI=1S/C16H17NO3S/c1-11-3-5-15-13(9-11)14-10-12(2)4-6-16(14)17(15)7-8-21(18,19)20/h3-6,9-10H,7-8H2,1-2H3,(H,18,19,20). The molecule has 0 spiro atoms. The molecule has 0 aliphatic carbocycles. The average molecular weight is 303 g/mol. The minimum Gasteiger partial charge on any atom is -0.339 e. The molecule has 3 aromatic rings. The zero-order valence-corrected chi connectivity index (χ0v) is 12.8. The predicted octanol–water partition coefficient (Wildman–Crippen LogP) is 3.30. The number of aryl methyl sites for hydroxylation is 3. The lowest BCUT2D eigenvalue weighted by molar-refractivity contribution is 0.479. The molecular weight excluding hydrogens is 286 g/mol. The zero-order chi connectivity index (χ0) is 15.2. The van der Waals surface area contributed by atoms with Crippen molar-refractivity contribution in [1.29, 1.82) is 0 Å². The van der Waals surface area contributed by atoms with E-state index in [4.69, 9.17) is 4.55 Å². The molecule has 21 heavy (non-hydrogen) atoms. The first-order chi connectivity index (χ1) is 9.85. The van der Waals surface area contributed by atoms with Gasteiger partial charge in [0.25, 0.3) is 10.1 Å². The first-order valence-corrected chi connectivity index (χ1v) is 8.40. The fourth-order valence-corrected chi connectivity index (χ4v) is 3.19. The number of aromatic nitrogens is 1. The van der Waals surface area contributed by atoms with E-state index in [9.17, 15) is 8.42 Å².